The molecule has 39 heavy (non-hydrogen) atoms. The summed E-state index contributed by atoms with van der Waals surface area (Å²) in [4.78, 5) is 33.8. The highest BCUT2D eigenvalue weighted by molar-refractivity contribution is 6.06. The van der Waals surface area contributed by atoms with Gasteiger partial charge in [-0.3, -0.25) is 14.7 Å². The second kappa shape index (κ2) is 9.30. The number of aromatic nitrogens is 3. The summed E-state index contributed by atoms with van der Waals surface area (Å²) in [5.41, 5.74) is 8.02. The number of piperazine rings is 1. The van der Waals surface area contributed by atoms with E-state index in [1.54, 1.807) is 6.20 Å². The van der Waals surface area contributed by atoms with Crippen LogP contribution in [0.5, 0.6) is 11.5 Å². The second-order valence-corrected chi connectivity index (χ2v) is 10.9. The molecule has 200 valence electrons. The van der Waals surface area contributed by atoms with Crippen molar-refractivity contribution in [2.45, 2.75) is 44.9 Å². The van der Waals surface area contributed by atoms with Crippen molar-refractivity contribution in [3.05, 3.63) is 72.6 Å². The number of rotatable bonds is 5. The number of fused-ring (bicyclic) bond motifs is 3. The first-order chi connectivity index (χ1) is 18.7. The number of nitrogens with zero attached hydrogens (tertiary/aromatic N) is 5. The molecule has 2 atom stereocenters. The maximum atomic E-state index is 12.7. The third-order valence-electron chi connectivity index (χ3n) is 6.97. The van der Waals surface area contributed by atoms with Crippen LogP contribution in [0, 0.1) is 0 Å². The Morgan fingerprint density at radius 3 is 2.23 bits per heavy atom. The molecular weight excluding hydrogens is 496 g/mol. The van der Waals surface area contributed by atoms with E-state index < -0.39 is 11.5 Å². The largest absolute Gasteiger partial charge is 0.457 e. The lowest BCUT2D eigenvalue weighted by Gasteiger charge is -2.56. The Balaban J connectivity index is 1.29. The molecule has 5 heterocycles. The van der Waals surface area contributed by atoms with Crippen molar-refractivity contribution < 1.29 is 19.1 Å². The first-order valence-corrected chi connectivity index (χ1v) is 12.9. The molecule has 0 saturated carbocycles. The summed E-state index contributed by atoms with van der Waals surface area (Å²) in [6.45, 7) is 6.89. The smallest absolute Gasteiger partial charge is 0.410 e. The number of ether oxygens (including phenoxy) is 2. The van der Waals surface area contributed by atoms with Gasteiger partial charge in [-0.1, -0.05) is 18.2 Å². The Bertz CT molecular complexity index is 1530. The predicted octanol–water partition coefficient (Wildman–Crippen LogP) is 4.51. The first kappa shape index (κ1) is 24.7. The van der Waals surface area contributed by atoms with Crippen molar-refractivity contribution in [3.8, 4) is 17.2 Å². The molecule has 3 saturated heterocycles. The van der Waals surface area contributed by atoms with Gasteiger partial charge in [0.1, 0.15) is 28.1 Å². The lowest BCUT2D eigenvalue weighted by atomic mass is 9.87. The number of carbonyl (C=O) groups is 2. The molecule has 3 aliphatic rings. The Morgan fingerprint density at radius 1 is 0.923 bits per heavy atom. The van der Waals surface area contributed by atoms with E-state index in [9.17, 15) is 9.59 Å². The molecule has 2 amide bonds. The highest BCUT2D eigenvalue weighted by atomic mass is 16.6. The minimum absolute atomic E-state index is 0.0525. The van der Waals surface area contributed by atoms with Crippen LogP contribution in [-0.4, -0.2) is 62.4 Å². The molecule has 0 aliphatic carbocycles. The summed E-state index contributed by atoms with van der Waals surface area (Å²) in [5.74, 6) is 0.763. The molecule has 3 fully saturated rings. The van der Waals surface area contributed by atoms with Gasteiger partial charge in [-0.25, -0.2) is 9.48 Å². The monoisotopic (exact) mass is 526 g/mol. The minimum atomic E-state index is -0.621. The van der Waals surface area contributed by atoms with E-state index in [0.717, 1.165) is 17.9 Å². The summed E-state index contributed by atoms with van der Waals surface area (Å²) in [7, 11) is 0. The zero-order valence-corrected chi connectivity index (χ0v) is 22.1. The number of carbonyl (C=O) groups excluding carboxylic acids is 2. The maximum Gasteiger partial charge on any atom is 0.410 e. The van der Waals surface area contributed by atoms with Crippen LogP contribution in [0.2, 0.25) is 0 Å². The molecule has 3 aliphatic heterocycles. The summed E-state index contributed by atoms with van der Waals surface area (Å²) in [5, 5.41) is 4.80. The second-order valence-electron chi connectivity index (χ2n) is 10.9. The van der Waals surface area contributed by atoms with E-state index in [0.29, 0.717) is 35.6 Å². The van der Waals surface area contributed by atoms with Crippen LogP contribution in [0.1, 0.15) is 37.7 Å². The quantitative estimate of drug-likeness (QED) is 0.407. The zero-order chi connectivity index (χ0) is 27.3. The normalized spacial score (nSPS) is 18.5. The van der Waals surface area contributed by atoms with E-state index in [1.165, 1.54) is 4.68 Å². The molecule has 2 N–H and O–H groups in total. The highest BCUT2D eigenvalue weighted by Gasteiger charge is 2.49. The number of pyridine rings is 1. The van der Waals surface area contributed by atoms with E-state index in [1.807, 2.05) is 86.3 Å². The number of benzene rings is 2. The van der Waals surface area contributed by atoms with Gasteiger partial charge in [0.15, 0.2) is 5.69 Å². The van der Waals surface area contributed by atoms with Crippen LogP contribution >= 0.6 is 0 Å². The molecule has 4 aromatic rings. The molecule has 7 rings (SSSR count). The molecule has 2 aromatic carbocycles. The Labute approximate surface area is 225 Å². The van der Waals surface area contributed by atoms with Crippen LogP contribution in [0.4, 0.5) is 10.5 Å². The van der Waals surface area contributed by atoms with Gasteiger partial charge in [-0.15, -0.1) is 0 Å². The van der Waals surface area contributed by atoms with Crippen LogP contribution in [0.3, 0.4) is 0 Å². The fourth-order valence-electron chi connectivity index (χ4n) is 5.33. The molecule has 2 aromatic heterocycles. The summed E-state index contributed by atoms with van der Waals surface area (Å²) >= 11 is 0. The molecule has 10 nitrogen and oxygen atoms in total. The predicted molar refractivity (Wildman–Crippen MR) is 146 cm³/mol. The Morgan fingerprint density at radius 2 is 1.59 bits per heavy atom. The molecule has 0 radical (unpaired) electrons. The number of primary amides is 1. The van der Waals surface area contributed by atoms with E-state index in [-0.39, 0.29) is 23.9 Å². The summed E-state index contributed by atoms with van der Waals surface area (Å²) in [6, 6.07) is 18.8. The van der Waals surface area contributed by atoms with Gasteiger partial charge in [0.2, 0.25) is 0 Å². The van der Waals surface area contributed by atoms with Gasteiger partial charge in [0.05, 0.1) is 23.5 Å². The number of para-hydroxylation sites is 1. The number of hydrogen-bond donors (Lipinski definition) is 1. The Kier molecular flexibility index (Phi) is 5.90. The highest BCUT2D eigenvalue weighted by Crippen LogP contribution is 2.38. The fourth-order valence-corrected chi connectivity index (χ4v) is 5.33. The molecule has 0 spiro atoms. The van der Waals surface area contributed by atoms with E-state index >= 15 is 0 Å². The molecule has 2 unspecified atom stereocenters. The van der Waals surface area contributed by atoms with Crippen molar-refractivity contribution in [1.29, 1.82) is 0 Å². The maximum absolute atomic E-state index is 12.7. The first-order valence-electron chi connectivity index (χ1n) is 12.9. The standard InChI is InChI=1S/C29H30N6O4/c1-29(2,3)39-28(37)34-19-15-20(34)17-33(16-19)23-13-14-31-25-24(23)32-35(26(25)27(30)36)18-9-11-22(12-10-18)38-21-7-5-4-6-8-21/h4-14,19-20H,15-17H2,1-3H3,(H2,30,36). The van der Waals surface area contributed by atoms with Crippen molar-refractivity contribution in [2.24, 2.45) is 5.73 Å². The summed E-state index contributed by atoms with van der Waals surface area (Å²) in [6.07, 6.45) is 2.32. The van der Waals surface area contributed by atoms with Crippen LogP contribution in [0.15, 0.2) is 66.9 Å². The topological polar surface area (TPSA) is 116 Å². The third kappa shape index (κ3) is 4.62. The van der Waals surface area contributed by atoms with Gasteiger partial charge in [0.25, 0.3) is 5.91 Å². The summed E-state index contributed by atoms with van der Waals surface area (Å²) < 4.78 is 13.0. The molecule has 2 bridgehead atoms. The number of piperidine rings is 1. The van der Waals surface area contributed by atoms with Gasteiger partial charge < -0.3 is 20.1 Å². The van der Waals surface area contributed by atoms with Gasteiger partial charge >= 0.3 is 6.09 Å². The number of anilines is 1. The van der Waals surface area contributed by atoms with Gasteiger partial charge in [0, 0.05) is 19.3 Å². The van der Waals surface area contributed by atoms with Crippen LogP contribution < -0.4 is 15.4 Å². The SMILES string of the molecule is CC(C)(C)OC(=O)N1C2CC1CN(c1ccnc3c(C(N)=O)n(-c4ccc(Oc5ccccc5)cc4)nc13)C2. The van der Waals surface area contributed by atoms with Crippen molar-refractivity contribution in [1.82, 2.24) is 19.7 Å². The lowest BCUT2D eigenvalue weighted by molar-refractivity contribution is -0.0379. The van der Waals surface area contributed by atoms with Crippen molar-refractivity contribution in [3.63, 3.8) is 0 Å². The van der Waals surface area contributed by atoms with Crippen LogP contribution in [-0.2, 0) is 4.74 Å². The van der Waals surface area contributed by atoms with Crippen LogP contribution in [0.25, 0.3) is 16.7 Å². The zero-order valence-electron chi connectivity index (χ0n) is 22.1. The van der Waals surface area contributed by atoms with E-state index in [4.69, 9.17) is 20.3 Å². The molecule has 10 heteroatoms. The van der Waals surface area contributed by atoms with Crippen molar-refractivity contribution >= 4 is 28.7 Å². The van der Waals surface area contributed by atoms with Gasteiger partial charge in [-0.05, 0) is 69.7 Å². The van der Waals surface area contributed by atoms with Crippen molar-refractivity contribution in [2.75, 3.05) is 18.0 Å². The molecular formula is C29H30N6O4. The Hall–Kier alpha value is -4.60. The fraction of sp³-hybridized carbons (Fsp3) is 0.310. The average Bonchev–Trinajstić information content (AvgIpc) is 3.29. The number of nitrogens with two attached hydrogens (primary N) is 1. The number of amides is 2. The van der Waals surface area contributed by atoms with E-state index in [2.05, 4.69) is 9.88 Å². The third-order valence-corrected chi connectivity index (χ3v) is 6.97. The number of hydrogen-bond acceptors (Lipinski definition) is 7. The lowest BCUT2D eigenvalue weighted by Crippen LogP contribution is -2.70. The van der Waals surface area contributed by atoms with Gasteiger partial charge in [-0.2, -0.15) is 5.10 Å². The minimum Gasteiger partial charge on any atom is -0.457 e. The average molecular weight is 527 g/mol.